The molecule has 3 rings (SSSR count). The molecule has 0 radical (unpaired) electrons. The third-order valence-electron chi connectivity index (χ3n) is 2.87. The van der Waals surface area contributed by atoms with E-state index in [1.165, 1.54) is 18.2 Å². The first kappa shape index (κ1) is 14.8. The molecule has 0 saturated heterocycles. The molecule has 0 saturated carbocycles. The highest BCUT2D eigenvalue weighted by atomic mass is 79.9. The average Bonchev–Trinajstić information content (AvgIpc) is 2.97. The maximum atomic E-state index is 13.6. The van der Waals surface area contributed by atoms with Crippen LogP contribution in [0.3, 0.4) is 0 Å². The molecule has 3 aromatic rings. The fraction of sp³-hybridized carbons (Fsp3) is 0. The van der Waals surface area contributed by atoms with Crippen LogP contribution in [0.15, 0.2) is 53.0 Å². The zero-order chi connectivity index (χ0) is 15.5. The van der Waals surface area contributed by atoms with E-state index in [4.69, 9.17) is 0 Å². The maximum Gasteiger partial charge on any atom is 0.260 e. The number of amides is 1. The number of aromatic nitrogens is 2. The molecule has 1 N–H and O–H groups in total. The van der Waals surface area contributed by atoms with Crippen molar-refractivity contribution >= 4 is 38.5 Å². The molecule has 0 fully saturated rings. The van der Waals surface area contributed by atoms with Gasteiger partial charge < -0.3 is 0 Å². The average molecular weight is 378 g/mol. The Morgan fingerprint density at radius 1 is 1.14 bits per heavy atom. The second kappa shape index (κ2) is 6.33. The van der Waals surface area contributed by atoms with E-state index in [2.05, 4.69) is 30.6 Å². The van der Waals surface area contributed by atoms with Gasteiger partial charge in [-0.3, -0.25) is 10.1 Å². The van der Waals surface area contributed by atoms with E-state index in [9.17, 15) is 9.18 Å². The number of nitrogens with zero attached hydrogens (tertiary/aromatic N) is 2. The lowest BCUT2D eigenvalue weighted by Crippen LogP contribution is -2.13. The van der Waals surface area contributed by atoms with Gasteiger partial charge in [-0.05, 0) is 24.3 Å². The fourth-order valence-corrected chi connectivity index (χ4v) is 2.65. The first-order chi connectivity index (χ1) is 10.6. The Morgan fingerprint density at radius 2 is 1.86 bits per heavy atom. The van der Waals surface area contributed by atoms with Gasteiger partial charge in [0.2, 0.25) is 5.13 Å². The van der Waals surface area contributed by atoms with Crippen molar-refractivity contribution in [3.05, 3.63) is 64.4 Å². The highest BCUT2D eigenvalue weighted by molar-refractivity contribution is 9.10. The van der Waals surface area contributed by atoms with Gasteiger partial charge in [0.1, 0.15) is 5.82 Å². The van der Waals surface area contributed by atoms with Gasteiger partial charge in [-0.25, -0.2) is 4.39 Å². The lowest BCUT2D eigenvalue weighted by molar-refractivity contribution is 0.102. The highest BCUT2D eigenvalue weighted by Crippen LogP contribution is 2.23. The summed E-state index contributed by atoms with van der Waals surface area (Å²) in [6.45, 7) is 0. The summed E-state index contributed by atoms with van der Waals surface area (Å²) >= 11 is 4.41. The SMILES string of the molecule is O=C(Nc1nc(-c2ccc(Br)cc2)ns1)c1ccccc1F. The molecule has 7 heteroatoms. The minimum atomic E-state index is -0.572. The van der Waals surface area contributed by atoms with Crippen LogP contribution in [-0.2, 0) is 0 Å². The lowest BCUT2D eigenvalue weighted by atomic mass is 10.2. The Bertz CT molecular complexity index is 820. The van der Waals surface area contributed by atoms with E-state index in [1.54, 1.807) is 6.07 Å². The summed E-state index contributed by atoms with van der Waals surface area (Å²) in [4.78, 5) is 16.2. The quantitative estimate of drug-likeness (QED) is 0.737. The van der Waals surface area contributed by atoms with Crippen molar-refractivity contribution in [2.24, 2.45) is 0 Å². The Balaban J connectivity index is 1.78. The highest BCUT2D eigenvalue weighted by Gasteiger charge is 2.14. The zero-order valence-electron chi connectivity index (χ0n) is 11.1. The normalized spacial score (nSPS) is 10.5. The van der Waals surface area contributed by atoms with E-state index in [0.717, 1.165) is 21.6 Å². The van der Waals surface area contributed by atoms with Crippen LogP contribution < -0.4 is 5.32 Å². The predicted molar refractivity (Wildman–Crippen MR) is 87.4 cm³/mol. The van der Waals surface area contributed by atoms with Gasteiger partial charge in [-0.2, -0.15) is 9.36 Å². The monoisotopic (exact) mass is 377 g/mol. The molecule has 22 heavy (non-hydrogen) atoms. The zero-order valence-corrected chi connectivity index (χ0v) is 13.5. The summed E-state index contributed by atoms with van der Waals surface area (Å²) in [5, 5.41) is 2.88. The van der Waals surface area contributed by atoms with Crippen molar-refractivity contribution in [3.63, 3.8) is 0 Å². The number of anilines is 1. The molecule has 0 aliphatic carbocycles. The maximum absolute atomic E-state index is 13.6. The molecule has 0 bridgehead atoms. The summed E-state index contributed by atoms with van der Waals surface area (Å²) in [5.41, 5.74) is 0.814. The van der Waals surface area contributed by atoms with Crippen LogP contribution >= 0.6 is 27.5 Å². The Labute approximate surface area is 138 Å². The van der Waals surface area contributed by atoms with Crippen molar-refractivity contribution in [3.8, 4) is 11.4 Å². The summed E-state index contributed by atoms with van der Waals surface area (Å²) in [6.07, 6.45) is 0. The molecule has 1 amide bonds. The van der Waals surface area contributed by atoms with Gasteiger partial charge in [-0.15, -0.1) is 0 Å². The predicted octanol–water partition coefficient (Wildman–Crippen LogP) is 4.36. The molecule has 1 aromatic heterocycles. The molecule has 0 atom stereocenters. The van der Waals surface area contributed by atoms with E-state index >= 15 is 0 Å². The number of carbonyl (C=O) groups is 1. The topological polar surface area (TPSA) is 54.9 Å². The molecule has 4 nitrogen and oxygen atoms in total. The van der Waals surface area contributed by atoms with Crippen LogP contribution in [0, 0.1) is 5.82 Å². The number of rotatable bonds is 3. The van der Waals surface area contributed by atoms with Crippen molar-refractivity contribution in [1.82, 2.24) is 9.36 Å². The third kappa shape index (κ3) is 3.20. The fourth-order valence-electron chi connectivity index (χ4n) is 1.80. The van der Waals surface area contributed by atoms with Gasteiger partial charge in [0.05, 0.1) is 5.56 Å². The lowest BCUT2D eigenvalue weighted by Gasteiger charge is -2.01. The summed E-state index contributed by atoms with van der Waals surface area (Å²) in [7, 11) is 0. The van der Waals surface area contributed by atoms with Gasteiger partial charge >= 0.3 is 0 Å². The van der Waals surface area contributed by atoms with Crippen LogP contribution in [-0.4, -0.2) is 15.3 Å². The van der Waals surface area contributed by atoms with Gasteiger partial charge in [0.25, 0.3) is 5.91 Å². The van der Waals surface area contributed by atoms with Crippen LogP contribution in [0.5, 0.6) is 0 Å². The van der Waals surface area contributed by atoms with Crippen LogP contribution in [0.25, 0.3) is 11.4 Å². The van der Waals surface area contributed by atoms with Crippen LogP contribution in [0.2, 0.25) is 0 Å². The first-order valence-electron chi connectivity index (χ1n) is 6.29. The van der Waals surface area contributed by atoms with E-state index in [0.29, 0.717) is 11.0 Å². The Kier molecular flexibility index (Phi) is 4.26. The number of hydrogen-bond acceptors (Lipinski definition) is 4. The second-order valence-electron chi connectivity index (χ2n) is 4.36. The largest absolute Gasteiger partial charge is 0.296 e. The Hall–Kier alpha value is -2.12. The second-order valence-corrected chi connectivity index (χ2v) is 6.03. The standard InChI is InChI=1S/C15H9BrFN3OS/c16-10-7-5-9(6-8-10)13-18-15(22-20-13)19-14(21)11-3-1-2-4-12(11)17/h1-8H,(H,18,19,20,21). The molecule has 0 spiro atoms. The summed E-state index contributed by atoms with van der Waals surface area (Å²) in [5.74, 6) is -0.601. The molecular formula is C15H9BrFN3OS. The first-order valence-corrected chi connectivity index (χ1v) is 7.85. The van der Waals surface area contributed by atoms with Crippen molar-refractivity contribution in [1.29, 1.82) is 0 Å². The van der Waals surface area contributed by atoms with Gasteiger partial charge in [0, 0.05) is 21.6 Å². The summed E-state index contributed by atoms with van der Waals surface area (Å²) < 4.78 is 18.7. The summed E-state index contributed by atoms with van der Waals surface area (Å²) in [6, 6.07) is 13.3. The molecule has 2 aromatic carbocycles. The smallest absolute Gasteiger partial charge is 0.260 e. The van der Waals surface area contributed by atoms with Gasteiger partial charge in [0.15, 0.2) is 5.82 Å². The minimum absolute atomic E-state index is 0.0251. The van der Waals surface area contributed by atoms with Crippen molar-refractivity contribution in [2.45, 2.75) is 0 Å². The molecule has 0 unspecified atom stereocenters. The molecular weight excluding hydrogens is 369 g/mol. The minimum Gasteiger partial charge on any atom is -0.296 e. The van der Waals surface area contributed by atoms with E-state index in [-0.39, 0.29) is 5.56 Å². The van der Waals surface area contributed by atoms with Crippen LogP contribution in [0.4, 0.5) is 9.52 Å². The number of halogens is 2. The van der Waals surface area contributed by atoms with E-state index < -0.39 is 11.7 Å². The van der Waals surface area contributed by atoms with Crippen LogP contribution in [0.1, 0.15) is 10.4 Å². The molecule has 110 valence electrons. The number of benzene rings is 2. The number of nitrogens with one attached hydrogen (secondary N) is 1. The molecule has 0 aliphatic rings. The molecule has 0 aliphatic heterocycles. The number of hydrogen-bond donors (Lipinski definition) is 1. The van der Waals surface area contributed by atoms with Gasteiger partial charge in [-0.1, -0.05) is 40.2 Å². The van der Waals surface area contributed by atoms with E-state index in [1.807, 2.05) is 24.3 Å². The third-order valence-corrected chi connectivity index (χ3v) is 4.03. The Morgan fingerprint density at radius 3 is 2.59 bits per heavy atom. The van der Waals surface area contributed by atoms with Crippen molar-refractivity contribution in [2.75, 3.05) is 5.32 Å². The van der Waals surface area contributed by atoms with Crippen molar-refractivity contribution < 1.29 is 9.18 Å². The number of carbonyl (C=O) groups excluding carboxylic acids is 1. The molecule has 1 heterocycles.